The third-order valence-electron chi connectivity index (χ3n) is 6.13. The first-order valence-corrected chi connectivity index (χ1v) is 12.3. The number of nitro groups is 1. The number of rotatable bonds is 13. The van der Waals surface area contributed by atoms with Crippen LogP contribution in [0, 0.1) is 10.1 Å². The molecular formula is C25H38N2O7. The minimum atomic E-state index is -1.00. The first kappa shape index (κ1) is 27.6. The van der Waals surface area contributed by atoms with E-state index in [1.165, 1.54) is 26.0 Å². The van der Waals surface area contributed by atoms with Gasteiger partial charge in [-0.05, 0) is 44.7 Å². The summed E-state index contributed by atoms with van der Waals surface area (Å²) in [4.78, 5) is 37.8. The van der Waals surface area contributed by atoms with Gasteiger partial charge in [0.05, 0.1) is 23.2 Å². The highest BCUT2D eigenvalue weighted by molar-refractivity contribution is 5.77. The molecule has 1 aliphatic carbocycles. The van der Waals surface area contributed by atoms with E-state index in [9.17, 15) is 24.8 Å². The Morgan fingerprint density at radius 1 is 1.24 bits per heavy atom. The van der Waals surface area contributed by atoms with Crippen molar-refractivity contribution >= 4 is 17.6 Å². The number of aliphatic hydroxyl groups is 1. The lowest BCUT2D eigenvalue weighted by Gasteiger charge is -2.39. The Hall–Kier alpha value is -2.68. The second kappa shape index (κ2) is 13.9. The van der Waals surface area contributed by atoms with Crippen molar-refractivity contribution < 1.29 is 29.1 Å². The molecule has 1 N–H and O–H groups in total. The lowest BCUT2D eigenvalue weighted by atomic mass is 9.93. The van der Waals surface area contributed by atoms with Crippen LogP contribution in [0.15, 0.2) is 18.2 Å². The maximum Gasteiger partial charge on any atom is 0.316 e. The largest absolute Gasteiger partial charge is 0.487 e. The van der Waals surface area contributed by atoms with Gasteiger partial charge in [-0.15, -0.1) is 0 Å². The Labute approximate surface area is 201 Å². The van der Waals surface area contributed by atoms with Crippen molar-refractivity contribution in [3.05, 3.63) is 33.9 Å². The van der Waals surface area contributed by atoms with Crippen molar-refractivity contribution in [1.29, 1.82) is 0 Å². The SMILES string of the molecule is CCCCC(OC(C)=O)N(C(=O)CCCOc1cccc(C(C)O)c1[N+](=O)[O-])C1CCCCC1. The van der Waals surface area contributed by atoms with Crippen LogP contribution in [-0.4, -0.2) is 45.7 Å². The molecule has 34 heavy (non-hydrogen) atoms. The highest BCUT2D eigenvalue weighted by atomic mass is 16.6. The zero-order valence-corrected chi connectivity index (χ0v) is 20.5. The number of hydrogen-bond donors (Lipinski definition) is 1. The molecule has 1 aromatic rings. The monoisotopic (exact) mass is 478 g/mol. The number of benzene rings is 1. The van der Waals surface area contributed by atoms with Crippen molar-refractivity contribution in [2.75, 3.05) is 6.61 Å². The third kappa shape index (κ3) is 7.97. The van der Waals surface area contributed by atoms with Crippen LogP contribution in [0.2, 0.25) is 0 Å². The second-order valence-electron chi connectivity index (χ2n) is 8.88. The van der Waals surface area contributed by atoms with Crippen LogP contribution in [0.1, 0.15) is 96.6 Å². The van der Waals surface area contributed by atoms with E-state index >= 15 is 0 Å². The van der Waals surface area contributed by atoms with E-state index in [-0.39, 0.29) is 42.0 Å². The molecule has 0 spiro atoms. The summed E-state index contributed by atoms with van der Waals surface area (Å²) in [6.07, 6.45) is 6.37. The van der Waals surface area contributed by atoms with Crippen molar-refractivity contribution in [1.82, 2.24) is 4.90 Å². The first-order chi connectivity index (χ1) is 16.3. The number of para-hydroxylation sites is 1. The molecule has 0 aromatic heterocycles. The average molecular weight is 479 g/mol. The van der Waals surface area contributed by atoms with Gasteiger partial charge in [-0.1, -0.05) is 38.7 Å². The topological polar surface area (TPSA) is 119 Å². The molecule has 0 saturated heterocycles. The maximum atomic E-state index is 13.3. The number of nitrogens with zero attached hydrogens (tertiary/aromatic N) is 2. The van der Waals surface area contributed by atoms with Gasteiger partial charge in [0.2, 0.25) is 5.91 Å². The van der Waals surface area contributed by atoms with E-state index in [0.717, 1.165) is 44.9 Å². The second-order valence-corrected chi connectivity index (χ2v) is 8.88. The molecule has 9 heteroatoms. The lowest BCUT2D eigenvalue weighted by molar-refractivity contribution is -0.387. The fourth-order valence-electron chi connectivity index (χ4n) is 4.51. The van der Waals surface area contributed by atoms with Gasteiger partial charge < -0.3 is 19.5 Å². The smallest absolute Gasteiger partial charge is 0.316 e. The van der Waals surface area contributed by atoms with Crippen LogP contribution in [0.3, 0.4) is 0 Å². The van der Waals surface area contributed by atoms with Crippen LogP contribution in [0.4, 0.5) is 5.69 Å². The Bertz CT molecular complexity index is 821. The Kier molecular flexibility index (Phi) is 11.3. The molecule has 1 aliphatic rings. The molecule has 2 rings (SSSR count). The number of carbonyl (C=O) groups excluding carboxylic acids is 2. The summed E-state index contributed by atoms with van der Waals surface area (Å²) >= 11 is 0. The molecule has 0 radical (unpaired) electrons. The van der Waals surface area contributed by atoms with E-state index in [1.807, 2.05) is 0 Å². The highest BCUT2D eigenvalue weighted by Crippen LogP contribution is 2.34. The average Bonchev–Trinajstić information content (AvgIpc) is 2.80. The lowest BCUT2D eigenvalue weighted by Crippen LogP contribution is -2.49. The fourth-order valence-corrected chi connectivity index (χ4v) is 4.51. The van der Waals surface area contributed by atoms with E-state index < -0.39 is 23.2 Å². The summed E-state index contributed by atoms with van der Waals surface area (Å²) < 4.78 is 11.2. The molecule has 0 heterocycles. The maximum absolute atomic E-state index is 13.3. The Morgan fingerprint density at radius 3 is 2.53 bits per heavy atom. The molecular weight excluding hydrogens is 440 g/mol. The van der Waals surface area contributed by atoms with Crippen LogP contribution >= 0.6 is 0 Å². The van der Waals surface area contributed by atoms with E-state index in [4.69, 9.17) is 9.47 Å². The molecule has 190 valence electrons. The van der Waals surface area contributed by atoms with Crippen molar-refractivity contribution in [3.8, 4) is 5.75 Å². The number of hydrogen-bond acceptors (Lipinski definition) is 7. The zero-order chi connectivity index (χ0) is 25.1. The van der Waals surface area contributed by atoms with Gasteiger partial charge in [-0.3, -0.25) is 19.7 Å². The summed E-state index contributed by atoms with van der Waals surface area (Å²) in [5.41, 5.74) is -0.0793. The first-order valence-electron chi connectivity index (χ1n) is 12.3. The van der Waals surface area contributed by atoms with Gasteiger partial charge in [0.15, 0.2) is 12.0 Å². The number of unbranched alkanes of at least 4 members (excludes halogenated alkanes) is 1. The van der Waals surface area contributed by atoms with Crippen LogP contribution in [0.25, 0.3) is 0 Å². The minimum Gasteiger partial charge on any atom is -0.487 e. The quantitative estimate of drug-likeness (QED) is 0.138. The number of amides is 1. The van der Waals surface area contributed by atoms with Gasteiger partial charge in [0.25, 0.3) is 0 Å². The summed E-state index contributed by atoms with van der Waals surface area (Å²) in [5.74, 6) is -0.422. The molecule has 1 fully saturated rings. The van der Waals surface area contributed by atoms with Gasteiger partial charge >= 0.3 is 11.7 Å². The van der Waals surface area contributed by atoms with E-state index in [0.29, 0.717) is 12.8 Å². The molecule has 2 atom stereocenters. The zero-order valence-electron chi connectivity index (χ0n) is 20.5. The van der Waals surface area contributed by atoms with Gasteiger partial charge in [-0.2, -0.15) is 0 Å². The minimum absolute atomic E-state index is 0.0483. The van der Waals surface area contributed by atoms with Gasteiger partial charge in [0, 0.05) is 25.8 Å². The summed E-state index contributed by atoms with van der Waals surface area (Å²) in [6.45, 7) is 5.00. The van der Waals surface area contributed by atoms with Crippen molar-refractivity contribution in [2.45, 2.75) is 103 Å². The molecule has 0 bridgehead atoms. The Morgan fingerprint density at radius 2 is 1.94 bits per heavy atom. The highest BCUT2D eigenvalue weighted by Gasteiger charge is 2.33. The third-order valence-corrected chi connectivity index (χ3v) is 6.13. The van der Waals surface area contributed by atoms with Gasteiger partial charge in [-0.25, -0.2) is 0 Å². The molecule has 1 amide bonds. The number of aliphatic hydroxyl groups excluding tert-OH is 1. The molecule has 1 aromatic carbocycles. The fraction of sp³-hybridized carbons (Fsp3) is 0.680. The predicted octanol–water partition coefficient (Wildman–Crippen LogP) is 5.05. The number of nitro benzene ring substituents is 1. The van der Waals surface area contributed by atoms with E-state index in [2.05, 4.69) is 6.92 Å². The molecule has 1 saturated carbocycles. The summed E-state index contributed by atoms with van der Waals surface area (Å²) in [5, 5.41) is 21.4. The number of ether oxygens (including phenoxy) is 2. The van der Waals surface area contributed by atoms with E-state index in [1.54, 1.807) is 11.0 Å². The molecule has 2 unspecified atom stereocenters. The summed E-state index contributed by atoms with van der Waals surface area (Å²) in [6, 6.07) is 4.62. The van der Waals surface area contributed by atoms with Gasteiger partial charge in [0.1, 0.15) is 0 Å². The number of carbonyl (C=O) groups is 2. The predicted molar refractivity (Wildman–Crippen MR) is 127 cm³/mol. The van der Waals surface area contributed by atoms with Crippen molar-refractivity contribution in [3.63, 3.8) is 0 Å². The normalized spacial score (nSPS) is 15.9. The summed E-state index contributed by atoms with van der Waals surface area (Å²) in [7, 11) is 0. The van der Waals surface area contributed by atoms with Crippen LogP contribution in [-0.2, 0) is 14.3 Å². The van der Waals surface area contributed by atoms with Crippen molar-refractivity contribution in [2.24, 2.45) is 0 Å². The standard InChI is InChI=1S/C25H38N2O7/c1-4-5-16-24(34-19(3)29)26(20-11-7-6-8-12-20)23(30)15-10-17-33-22-14-9-13-21(18(2)28)25(22)27(31)32/h9,13-14,18,20,24,28H,4-8,10-12,15-17H2,1-3H3. The van der Waals surface area contributed by atoms with Crippen LogP contribution in [0.5, 0.6) is 5.75 Å². The molecule has 0 aliphatic heterocycles. The number of esters is 1. The Balaban J connectivity index is 2.07. The van der Waals surface area contributed by atoms with Crippen LogP contribution < -0.4 is 4.74 Å². The molecule has 9 nitrogen and oxygen atoms in total.